The molecule has 26 heavy (non-hydrogen) atoms. The van der Waals surface area contributed by atoms with Crippen molar-refractivity contribution in [1.82, 2.24) is 25.1 Å². The highest BCUT2D eigenvalue weighted by atomic mass is 16.5. The van der Waals surface area contributed by atoms with Crippen molar-refractivity contribution in [2.45, 2.75) is 32.1 Å². The van der Waals surface area contributed by atoms with Crippen molar-refractivity contribution < 1.29 is 4.74 Å². The van der Waals surface area contributed by atoms with Gasteiger partial charge in [0.25, 0.3) is 0 Å². The molecular formula is C19H22N6O. The van der Waals surface area contributed by atoms with Crippen LogP contribution >= 0.6 is 0 Å². The van der Waals surface area contributed by atoms with Gasteiger partial charge in [-0.05, 0) is 38.3 Å². The quantitative estimate of drug-likeness (QED) is 0.762. The van der Waals surface area contributed by atoms with E-state index in [1.165, 1.54) is 12.8 Å². The average molecular weight is 350 g/mol. The van der Waals surface area contributed by atoms with Crippen molar-refractivity contribution in [3.8, 4) is 5.88 Å². The van der Waals surface area contributed by atoms with Gasteiger partial charge >= 0.3 is 0 Å². The van der Waals surface area contributed by atoms with E-state index >= 15 is 0 Å². The number of hydrogen-bond donors (Lipinski definition) is 1. The van der Waals surface area contributed by atoms with E-state index in [-0.39, 0.29) is 0 Å². The van der Waals surface area contributed by atoms with Gasteiger partial charge in [0.05, 0.1) is 17.8 Å². The molecule has 0 bridgehead atoms. The zero-order valence-corrected chi connectivity index (χ0v) is 14.9. The topological polar surface area (TPSA) is 79.8 Å². The molecule has 134 valence electrons. The molecule has 7 heteroatoms. The van der Waals surface area contributed by atoms with Crippen LogP contribution in [0.1, 0.15) is 36.6 Å². The first-order chi connectivity index (χ1) is 12.8. The number of aryl methyl sites for hydroxylation is 1. The Balaban J connectivity index is 1.22. The summed E-state index contributed by atoms with van der Waals surface area (Å²) in [5.41, 5.74) is 4.19. The second kappa shape index (κ2) is 6.23. The highest BCUT2D eigenvalue weighted by Crippen LogP contribution is 2.38. The number of H-pyrrole nitrogens is 1. The highest BCUT2D eigenvalue weighted by molar-refractivity contribution is 5.86. The lowest BCUT2D eigenvalue weighted by Gasteiger charge is -2.18. The molecule has 1 N–H and O–H groups in total. The molecule has 1 aliphatic heterocycles. The number of fused-ring (bicyclic) bond motifs is 1. The molecule has 1 atom stereocenters. The van der Waals surface area contributed by atoms with Gasteiger partial charge in [-0.15, -0.1) is 5.10 Å². The van der Waals surface area contributed by atoms with Gasteiger partial charge in [-0.25, -0.2) is 9.97 Å². The van der Waals surface area contributed by atoms with Crippen LogP contribution in [0.25, 0.3) is 11.0 Å². The molecule has 2 aliphatic rings. The summed E-state index contributed by atoms with van der Waals surface area (Å²) >= 11 is 0. The molecule has 1 unspecified atom stereocenters. The van der Waals surface area contributed by atoms with Crippen LogP contribution in [0.4, 0.5) is 5.82 Å². The van der Waals surface area contributed by atoms with Crippen molar-refractivity contribution in [3.05, 3.63) is 35.9 Å². The van der Waals surface area contributed by atoms with Crippen LogP contribution < -0.4 is 9.64 Å². The molecule has 0 amide bonds. The summed E-state index contributed by atoms with van der Waals surface area (Å²) in [6.45, 7) is 4.61. The Morgan fingerprint density at radius 2 is 2.12 bits per heavy atom. The minimum atomic E-state index is 0.459. The molecule has 7 nitrogen and oxygen atoms in total. The first-order valence-electron chi connectivity index (χ1n) is 9.28. The first kappa shape index (κ1) is 15.5. The lowest BCUT2D eigenvalue weighted by atomic mass is 10.1. The Labute approximate surface area is 151 Å². The van der Waals surface area contributed by atoms with E-state index in [0.29, 0.717) is 24.3 Å². The number of hydrogen-bond acceptors (Lipinski definition) is 6. The fourth-order valence-electron chi connectivity index (χ4n) is 3.67. The van der Waals surface area contributed by atoms with Crippen LogP contribution in [0.3, 0.4) is 0 Å². The fourth-order valence-corrected chi connectivity index (χ4v) is 3.67. The lowest BCUT2D eigenvalue weighted by molar-refractivity contribution is 0.249. The van der Waals surface area contributed by atoms with E-state index in [4.69, 9.17) is 4.74 Å². The summed E-state index contributed by atoms with van der Waals surface area (Å²) < 4.78 is 5.88. The van der Waals surface area contributed by atoms with Crippen molar-refractivity contribution in [1.29, 1.82) is 0 Å². The van der Waals surface area contributed by atoms with Crippen molar-refractivity contribution in [2.75, 3.05) is 24.6 Å². The molecule has 5 rings (SSSR count). The normalized spacial score (nSPS) is 20.0. The third-order valence-corrected chi connectivity index (χ3v) is 5.24. The minimum Gasteiger partial charge on any atom is -0.476 e. The third kappa shape index (κ3) is 2.98. The Bertz CT molecular complexity index is 917. The molecule has 3 aromatic rings. The smallest absolute Gasteiger partial charge is 0.233 e. The number of nitrogens with zero attached hydrogens (tertiary/aromatic N) is 5. The number of aromatic amines is 1. The maximum Gasteiger partial charge on any atom is 0.233 e. The Hall–Kier alpha value is -2.70. The van der Waals surface area contributed by atoms with Crippen LogP contribution in [0, 0.1) is 12.8 Å². The first-order valence-corrected chi connectivity index (χ1v) is 9.28. The van der Waals surface area contributed by atoms with Crippen LogP contribution in [0.15, 0.2) is 24.5 Å². The van der Waals surface area contributed by atoms with Gasteiger partial charge in [0.1, 0.15) is 11.8 Å². The summed E-state index contributed by atoms with van der Waals surface area (Å²) in [5, 5.41) is 8.49. The van der Waals surface area contributed by atoms with Crippen LogP contribution in [0.2, 0.25) is 0 Å². The number of ether oxygens (including phenoxy) is 1. The van der Waals surface area contributed by atoms with Crippen LogP contribution in [0.5, 0.6) is 5.88 Å². The predicted molar refractivity (Wildman–Crippen MR) is 98.4 cm³/mol. The SMILES string of the molecule is Cc1cc2ncnc(N3CCC(COc4ccc(C5CC5)nn4)C3)c2[nH]1. The number of nitrogens with one attached hydrogen (secondary N) is 1. The predicted octanol–water partition coefficient (Wildman–Crippen LogP) is 2.84. The van der Waals surface area contributed by atoms with Crippen molar-refractivity contribution in [3.63, 3.8) is 0 Å². The molecule has 1 saturated carbocycles. The van der Waals surface area contributed by atoms with E-state index in [9.17, 15) is 0 Å². The van der Waals surface area contributed by atoms with E-state index in [0.717, 1.165) is 47.7 Å². The summed E-state index contributed by atoms with van der Waals surface area (Å²) in [7, 11) is 0. The van der Waals surface area contributed by atoms with Crippen molar-refractivity contribution in [2.24, 2.45) is 5.92 Å². The fraction of sp³-hybridized carbons (Fsp3) is 0.474. The van der Waals surface area contributed by atoms with E-state index in [1.807, 2.05) is 19.1 Å². The maximum atomic E-state index is 5.88. The summed E-state index contributed by atoms with van der Waals surface area (Å²) in [4.78, 5) is 14.5. The summed E-state index contributed by atoms with van der Waals surface area (Å²) in [6, 6.07) is 6.05. The molecule has 0 spiro atoms. The zero-order chi connectivity index (χ0) is 17.5. The highest BCUT2D eigenvalue weighted by Gasteiger charge is 2.27. The molecular weight excluding hydrogens is 328 g/mol. The Morgan fingerprint density at radius 3 is 2.92 bits per heavy atom. The number of rotatable bonds is 5. The van der Waals surface area contributed by atoms with E-state index < -0.39 is 0 Å². The lowest BCUT2D eigenvalue weighted by Crippen LogP contribution is -2.23. The van der Waals surface area contributed by atoms with Gasteiger partial charge in [-0.2, -0.15) is 5.10 Å². The van der Waals surface area contributed by atoms with Gasteiger partial charge in [-0.3, -0.25) is 0 Å². The minimum absolute atomic E-state index is 0.459. The average Bonchev–Trinajstić information content (AvgIpc) is 3.27. The second-order valence-electron chi connectivity index (χ2n) is 7.39. The Morgan fingerprint density at radius 1 is 1.19 bits per heavy atom. The third-order valence-electron chi connectivity index (χ3n) is 5.24. The van der Waals surface area contributed by atoms with E-state index in [2.05, 4.69) is 36.1 Å². The van der Waals surface area contributed by atoms with Gasteiger partial charge in [0.15, 0.2) is 5.82 Å². The Kier molecular flexibility index (Phi) is 3.72. The second-order valence-corrected chi connectivity index (χ2v) is 7.39. The number of anilines is 1. The summed E-state index contributed by atoms with van der Waals surface area (Å²) in [5.74, 6) is 2.69. The molecule has 3 aromatic heterocycles. The van der Waals surface area contributed by atoms with Crippen LogP contribution in [-0.4, -0.2) is 44.8 Å². The van der Waals surface area contributed by atoms with Gasteiger partial charge < -0.3 is 14.6 Å². The monoisotopic (exact) mass is 350 g/mol. The molecule has 0 aromatic carbocycles. The largest absolute Gasteiger partial charge is 0.476 e. The number of aromatic nitrogens is 5. The standard InChI is InChI=1S/C19H22N6O/c1-12-8-16-18(22-12)19(21-11-20-16)25-7-6-13(9-25)10-26-17-5-4-15(23-24-17)14-2-3-14/h4-5,8,11,13-14,22H,2-3,6-7,9-10H2,1H3. The molecule has 1 saturated heterocycles. The molecule has 0 radical (unpaired) electrons. The van der Waals surface area contributed by atoms with Gasteiger partial charge in [0, 0.05) is 36.7 Å². The molecule has 4 heterocycles. The summed E-state index contributed by atoms with van der Waals surface area (Å²) in [6.07, 6.45) is 5.21. The van der Waals surface area contributed by atoms with Crippen LogP contribution in [-0.2, 0) is 0 Å². The zero-order valence-electron chi connectivity index (χ0n) is 14.9. The van der Waals surface area contributed by atoms with Gasteiger partial charge in [0.2, 0.25) is 5.88 Å². The van der Waals surface area contributed by atoms with E-state index in [1.54, 1.807) is 6.33 Å². The van der Waals surface area contributed by atoms with Gasteiger partial charge in [-0.1, -0.05) is 0 Å². The maximum absolute atomic E-state index is 5.88. The molecule has 1 aliphatic carbocycles. The molecule has 2 fully saturated rings. The van der Waals surface area contributed by atoms with Crippen molar-refractivity contribution >= 4 is 16.9 Å².